The third-order valence-electron chi connectivity index (χ3n) is 12.5. The molecule has 1 N–H and O–H groups in total. The zero-order valence-corrected chi connectivity index (χ0v) is 26.3. The Kier molecular flexibility index (Phi) is 8.19. The fourth-order valence-corrected chi connectivity index (χ4v) is 10.2. The number of allylic oxidation sites excluding steroid dienone is 2. The molecule has 6 heteroatoms. The molecule has 0 aromatic heterocycles. The summed E-state index contributed by atoms with van der Waals surface area (Å²) in [6.07, 6.45) is 10.2. The predicted octanol–water partition coefficient (Wildman–Crippen LogP) is 7.66. The van der Waals surface area contributed by atoms with Crippen molar-refractivity contribution in [3.8, 4) is 0 Å². The van der Waals surface area contributed by atoms with Crippen molar-refractivity contribution in [1.29, 1.82) is 0 Å². The van der Waals surface area contributed by atoms with Crippen LogP contribution in [-0.4, -0.2) is 35.2 Å². The Bertz CT molecular complexity index is 1120. The van der Waals surface area contributed by atoms with Crippen LogP contribution in [0, 0.1) is 39.4 Å². The van der Waals surface area contributed by atoms with Gasteiger partial charge in [-0.25, -0.2) is 4.79 Å². The Morgan fingerprint density at radius 2 is 1.55 bits per heavy atom. The Labute approximate surface area is 241 Å². The number of carboxylic acids is 1. The summed E-state index contributed by atoms with van der Waals surface area (Å²) in [5, 5.41) is 9.26. The first-order valence-corrected chi connectivity index (χ1v) is 15.5. The van der Waals surface area contributed by atoms with E-state index >= 15 is 0 Å². The summed E-state index contributed by atoms with van der Waals surface area (Å²) in [6.45, 7) is 18.9. The number of carbonyl (C=O) groups is 3. The van der Waals surface area contributed by atoms with Crippen molar-refractivity contribution < 1.29 is 29.0 Å². The van der Waals surface area contributed by atoms with Gasteiger partial charge in [-0.15, -0.1) is 0 Å². The molecule has 40 heavy (non-hydrogen) atoms. The average molecular weight is 557 g/mol. The quantitative estimate of drug-likeness (QED) is 0.197. The maximum Gasteiger partial charge on any atom is 0.330 e. The van der Waals surface area contributed by atoms with E-state index in [1.807, 2.05) is 6.08 Å². The average Bonchev–Trinajstić information content (AvgIpc) is 3.07. The molecule has 4 aliphatic rings. The summed E-state index contributed by atoms with van der Waals surface area (Å²) in [6, 6.07) is 0. The lowest BCUT2D eigenvalue weighted by molar-refractivity contribution is -0.168. The van der Waals surface area contributed by atoms with Crippen LogP contribution >= 0.6 is 0 Å². The minimum atomic E-state index is -0.858. The Hall–Kier alpha value is -2.11. The molecule has 8 atom stereocenters. The van der Waals surface area contributed by atoms with Crippen molar-refractivity contribution in [1.82, 2.24) is 0 Å². The maximum atomic E-state index is 12.4. The van der Waals surface area contributed by atoms with Crippen molar-refractivity contribution in [3.05, 3.63) is 22.8 Å². The first-order valence-electron chi connectivity index (χ1n) is 15.5. The second kappa shape index (κ2) is 10.6. The lowest BCUT2D eigenvalue weighted by Gasteiger charge is -2.62. The second-order valence-corrected chi connectivity index (χ2v) is 14.7. The fourth-order valence-electron chi connectivity index (χ4n) is 10.2. The van der Waals surface area contributed by atoms with Gasteiger partial charge in [0.15, 0.2) is 0 Å². The van der Waals surface area contributed by atoms with Gasteiger partial charge >= 0.3 is 17.9 Å². The molecule has 0 aromatic carbocycles. The van der Waals surface area contributed by atoms with E-state index in [-0.39, 0.29) is 45.8 Å². The zero-order chi connectivity index (χ0) is 29.8. The van der Waals surface area contributed by atoms with Gasteiger partial charge < -0.3 is 14.6 Å². The molecule has 4 aliphatic carbocycles. The highest BCUT2D eigenvalue weighted by molar-refractivity contribution is 5.85. The van der Waals surface area contributed by atoms with E-state index in [1.54, 1.807) is 12.5 Å². The van der Waals surface area contributed by atoms with Crippen LogP contribution in [-0.2, 0) is 23.9 Å². The van der Waals surface area contributed by atoms with E-state index in [0.29, 0.717) is 23.3 Å². The number of hydrogen-bond donors (Lipinski definition) is 1. The third kappa shape index (κ3) is 4.75. The highest BCUT2D eigenvalue weighted by Gasteiger charge is 2.67. The molecule has 224 valence electrons. The van der Waals surface area contributed by atoms with Crippen molar-refractivity contribution in [2.24, 2.45) is 39.4 Å². The number of carboxylic acid groups (broad SMARTS) is 1. The highest BCUT2D eigenvalue weighted by atomic mass is 16.5. The topological polar surface area (TPSA) is 89.9 Å². The first kappa shape index (κ1) is 30.8. The van der Waals surface area contributed by atoms with Gasteiger partial charge in [-0.05, 0) is 93.3 Å². The molecule has 0 unspecified atom stereocenters. The molecule has 0 heterocycles. The number of rotatable bonds is 7. The van der Waals surface area contributed by atoms with Crippen LogP contribution in [0.4, 0.5) is 0 Å². The molecule has 2 saturated carbocycles. The van der Waals surface area contributed by atoms with Gasteiger partial charge in [0.25, 0.3) is 0 Å². The fraction of sp³-hybridized carbons (Fsp3) is 0.794. The van der Waals surface area contributed by atoms with E-state index < -0.39 is 5.97 Å². The molecule has 0 aromatic rings. The predicted molar refractivity (Wildman–Crippen MR) is 155 cm³/mol. The van der Waals surface area contributed by atoms with Gasteiger partial charge in [0.2, 0.25) is 0 Å². The van der Waals surface area contributed by atoms with Gasteiger partial charge in [0, 0.05) is 30.3 Å². The highest BCUT2D eigenvalue weighted by Crippen LogP contribution is 2.73. The Morgan fingerprint density at radius 3 is 2.15 bits per heavy atom. The molecule has 2 fully saturated rings. The van der Waals surface area contributed by atoms with Crippen LogP contribution in [0.25, 0.3) is 0 Å². The summed E-state index contributed by atoms with van der Waals surface area (Å²) in [5.74, 6) is -0.0629. The summed E-state index contributed by atoms with van der Waals surface area (Å²) in [7, 11) is 0. The van der Waals surface area contributed by atoms with Crippen LogP contribution in [0.5, 0.6) is 0 Å². The molecule has 0 radical (unpaired) electrons. The summed E-state index contributed by atoms with van der Waals surface area (Å²) >= 11 is 0. The standard InChI is InChI=1S/C34H52O6/c1-20(11-10-12-21(2)30(37)38)26-19-29(40-23(4)36)34(9)25-13-14-27-31(5,6)28(39-22(3)35)16-17-32(27,7)24(25)15-18-33(26,34)8/h12,20,26-29H,10-11,13-19H2,1-9H3,(H,37,38)/b21-12+/t20-,26-,27+,28+,29+,32-,33-,34-/m1/s1. The summed E-state index contributed by atoms with van der Waals surface area (Å²) in [5.41, 5.74) is 3.21. The van der Waals surface area contributed by atoms with Crippen LogP contribution in [0.1, 0.15) is 120 Å². The van der Waals surface area contributed by atoms with Crippen molar-refractivity contribution >= 4 is 17.9 Å². The van der Waals surface area contributed by atoms with Crippen LogP contribution in [0.15, 0.2) is 22.8 Å². The Balaban J connectivity index is 1.71. The number of fused-ring (bicyclic) bond motifs is 4. The molecule has 0 spiro atoms. The number of carbonyl (C=O) groups excluding carboxylic acids is 2. The number of ether oxygens (including phenoxy) is 2. The van der Waals surface area contributed by atoms with Gasteiger partial charge in [-0.1, -0.05) is 58.8 Å². The van der Waals surface area contributed by atoms with E-state index in [0.717, 1.165) is 57.8 Å². The lowest BCUT2D eigenvalue weighted by atomic mass is 9.43. The molecule has 0 bridgehead atoms. The lowest BCUT2D eigenvalue weighted by Crippen LogP contribution is -2.57. The van der Waals surface area contributed by atoms with Crippen molar-refractivity contribution in [3.63, 3.8) is 0 Å². The van der Waals surface area contributed by atoms with Crippen molar-refractivity contribution in [2.75, 3.05) is 0 Å². The second-order valence-electron chi connectivity index (χ2n) is 14.7. The van der Waals surface area contributed by atoms with E-state index in [4.69, 9.17) is 9.47 Å². The van der Waals surface area contributed by atoms with Crippen LogP contribution in [0.2, 0.25) is 0 Å². The third-order valence-corrected chi connectivity index (χ3v) is 12.5. The molecule has 0 aliphatic heterocycles. The van der Waals surface area contributed by atoms with E-state index in [1.165, 1.54) is 19.4 Å². The minimum absolute atomic E-state index is 0.00934. The van der Waals surface area contributed by atoms with Gasteiger partial charge in [0.1, 0.15) is 12.2 Å². The molecular formula is C34H52O6. The van der Waals surface area contributed by atoms with Crippen molar-refractivity contribution in [2.45, 2.75) is 132 Å². The minimum Gasteiger partial charge on any atom is -0.478 e. The van der Waals surface area contributed by atoms with E-state index in [2.05, 4.69) is 41.5 Å². The van der Waals surface area contributed by atoms with Gasteiger partial charge in [0.05, 0.1) is 0 Å². The maximum absolute atomic E-state index is 12.4. The van der Waals surface area contributed by atoms with Gasteiger partial charge in [-0.3, -0.25) is 9.59 Å². The zero-order valence-electron chi connectivity index (χ0n) is 26.3. The summed E-state index contributed by atoms with van der Waals surface area (Å²) in [4.78, 5) is 35.6. The molecule has 0 saturated heterocycles. The van der Waals surface area contributed by atoms with Crippen LogP contribution < -0.4 is 0 Å². The molecule has 4 rings (SSSR count). The number of aliphatic carboxylic acids is 1. The first-order chi connectivity index (χ1) is 18.5. The largest absolute Gasteiger partial charge is 0.478 e. The molecule has 6 nitrogen and oxygen atoms in total. The smallest absolute Gasteiger partial charge is 0.330 e. The van der Waals surface area contributed by atoms with E-state index in [9.17, 15) is 19.5 Å². The normalized spacial score (nSPS) is 39.5. The molecular weight excluding hydrogens is 504 g/mol. The number of esters is 2. The van der Waals surface area contributed by atoms with Crippen LogP contribution in [0.3, 0.4) is 0 Å². The SMILES string of the molecule is CC(=O)O[C@H]1CC[C@]2(C)C3=C(CC[C@H]2C1(C)C)[C@]1(C)[C@@H](OC(C)=O)C[C@H]([C@H](C)CC/C=C(\C)C(=O)O)[C@@]1(C)CC3. The molecule has 0 amide bonds. The van der Waals surface area contributed by atoms with Gasteiger partial charge in [-0.2, -0.15) is 0 Å². The number of hydrogen-bond acceptors (Lipinski definition) is 5. The monoisotopic (exact) mass is 556 g/mol. The Morgan fingerprint density at radius 1 is 0.925 bits per heavy atom. The summed E-state index contributed by atoms with van der Waals surface area (Å²) < 4.78 is 12.1.